The molecule has 0 atom stereocenters. The fourth-order valence-corrected chi connectivity index (χ4v) is 4.71. The summed E-state index contributed by atoms with van der Waals surface area (Å²) in [5.74, 6) is 0. The predicted molar refractivity (Wildman–Crippen MR) is 109 cm³/mol. The van der Waals surface area contributed by atoms with Crippen LogP contribution in [0.5, 0.6) is 0 Å². The zero-order valence-electron chi connectivity index (χ0n) is 15.4. The molecule has 0 aliphatic carbocycles. The van der Waals surface area contributed by atoms with Crippen LogP contribution in [0, 0.1) is 0 Å². The molecule has 1 fully saturated rings. The lowest BCUT2D eigenvalue weighted by atomic mass is 10.2. The quantitative estimate of drug-likeness (QED) is 0.720. The molecule has 1 aliphatic rings. The van der Waals surface area contributed by atoms with Gasteiger partial charge in [-0.15, -0.1) is 0 Å². The van der Waals surface area contributed by atoms with E-state index in [0.717, 1.165) is 31.2 Å². The molecule has 9 heteroatoms. The summed E-state index contributed by atoms with van der Waals surface area (Å²) in [4.78, 5) is 16.3. The Morgan fingerprint density at radius 2 is 1.86 bits per heavy atom. The standard InChI is InChI=1S/C19H23ClN4O3S/c20-18-9-8-15(13-21-18)14-22-19(25)23-16-6-5-7-17(12-16)28(26,27)24-10-3-1-2-4-11-24/h5-9,12-13H,1-4,10-11,14H2,(H2,22,23,25). The van der Waals surface area contributed by atoms with Gasteiger partial charge >= 0.3 is 6.03 Å². The van der Waals surface area contributed by atoms with Gasteiger partial charge in [0.1, 0.15) is 5.15 Å². The van der Waals surface area contributed by atoms with E-state index in [9.17, 15) is 13.2 Å². The lowest BCUT2D eigenvalue weighted by Crippen LogP contribution is -2.32. The van der Waals surface area contributed by atoms with E-state index in [0.29, 0.717) is 23.9 Å². The number of urea groups is 1. The summed E-state index contributed by atoms with van der Waals surface area (Å²) in [6, 6.07) is 9.32. The first-order valence-electron chi connectivity index (χ1n) is 9.21. The van der Waals surface area contributed by atoms with Crippen molar-refractivity contribution in [2.24, 2.45) is 0 Å². The highest BCUT2D eigenvalue weighted by Crippen LogP contribution is 2.22. The summed E-state index contributed by atoms with van der Waals surface area (Å²) in [6.45, 7) is 1.35. The summed E-state index contributed by atoms with van der Waals surface area (Å²) < 4.78 is 27.3. The van der Waals surface area contributed by atoms with Gasteiger partial charge < -0.3 is 10.6 Å². The van der Waals surface area contributed by atoms with Crippen LogP contribution in [0.4, 0.5) is 10.5 Å². The molecule has 7 nitrogen and oxygen atoms in total. The van der Waals surface area contributed by atoms with Crippen molar-refractivity contribution in [1.29, 1.82) is 0 Å². The lowest BCUT2D eigenvalue weighted by Gasteiger charge is -2.20. The third kappa shape index (κ3) is 5.43. The molecule has 28 heavy (non-hydrogen) atoms. The molecule has 1 aliphatic heterocycles. The number of nitrogens with zero attached hydrogens (tertiary/aromatic N) is 2. The highest BCUT2D eigenvalue weighted by molar-refractivity contribution is 7.89. The van der Waals surface area contributed by atoms with Gasteiger partial charge in [-0.3, -0.25) is 0 Å². The monoisotopic (exact) mass is 422 g/mol. The maximum atomic E-state index is 12.9. The van der Waals surface area contributed by atoms with Crippen LogP contribution in [0.3, 0.4) is 0 Å². The average molecular weight is 423 g/mol. The number of rotatable bonds is 5. The van der Waals surface area contributed by atoms with E-state index in [4.69, 9.17) is 11.6 Å². The van der Waals surface area contributed by atoms with Gasteiger partial charge in [-0.1, -0.05) is 36.6 Å². The van der Waals surface area contributed by atoms with Crippen LogP contribution in [-0.2, 0) is 16.6 Å². The van der Waals surface area contributed by atoms with E-state index < -0.39 is 16.1 Å². The number of halogens is 1. The first-order valence-corrected chi connectivity index (χ1v) is 11.0. The lowest BCUT2D eigenvalue weighted by molar-refractivity contribution is 0.251. The first-order chi connectivity index (χ1) is 13.4. The third-order valence-corrected chi connectivity index (χ3v) is 6.65. The molecule has 2 N–H and O–H groups in total. The molecular weight excluding hydrogens is 400 g/mol. The van der Waals surface area contributed by atoms with Crippen LogP contribution in [-0.4, -0.2) is 36.8 Å². The second-order valence-electron chi connectivity index (χ2n) is 6.64. The van der Waals surface area contributed by atoms with Gasteiger partial charge in [-0.05, 0) is 42.7 Å². The Hall–Kier alpha value is -2.16. The molecule has 150 valence electrons. The van der Waals surface area contributed by atoms with Crippen molar-refractivity contribution in [3.05, 3.63) is 53.3 Å². The molecule has 2 heterocycles. The third-order valence-electron chi connectivity index (χ3n) is 4.54. The molecule has 0 saturated carbocycles. The fraction of sp³-hybridized carbons (Fsp3) is 0.368. The predicted octanol–water partition coefficient (Wildman–Crippen LogP) is 3.62. The van der Waals surface area contributed by atoms with Gasteiger partial charge in [0, 0.05) is 31.5 Å². The van der Waals surface area contributed by atoms with Gasteiger partial charge in [0.05, 0.1) is 4.90 Å². The van der Waals surface area contributed by atoms with Crippen molar-refractivity contribution in [3.8, 4) is 0 Å². The zero-order valence-corrected chi connectivity index (χ0v) is 17.0. The number of sulfonamides is 1. The molecule has 0 bridgehead atoms. The molecule has 0 unspecified atom stereocenters. The van der Waals surface area contributed by atoms with Crippen LogP contribution in [0.2, 0.25) is 5.15 Å². The van der Waals surface area contributed by atoms with Crippen LogP contribution in [0.1, 0.15) is 31.2 Å². The minimum atomic E-state index is -3.56. The van der Waals surface area contributed by atoms with Crippen LogP contribution >= 0.6 is 11.6 Å². The highest BCUT2D eigenvalue weighted by Gasteiger charge is 2.25. The topological polar surface area (TPSA) is 91.4 Å². The Balaban J connectivity index is 1.63. The van der Waals surface area contributed by atoms with Crippen LogP contribution < -0.4 is 10.6 Å². The smallest absolute Gasteiger partial charge is 0.319 e. The molecule has 0 radical (unpaired) electrons. The number of pyridine rings is 1. The summed E-state index contributed by atoms with van der Waals surface area (Å²) in [6.07, 6.45) is 5.43. The van der Waals surface area contributed by atoms with Crippen molar-refractivity contribution >= 4 is 33.3 Å². The van der Waals surface area contributed by atoms with Crippen LogP contribution in [0.15, 0.2) is 47.5 Å². The molecular formula is C19H23ClN4O3S. The number of aromatic nitrogens is 1. The van der Waals surface area contributed by atoms with Gasteiger partial charge in [-0.25, -0.2) is 18.2 Å². The Kier molecular flexibility index (Phi) is 6.88. The highest BCUT2D eigenvalue weighted by atomic mass is 35.5. The fourth-order valence-electron chi connectivity index (χ4n) is 3.03. The van der Waals surface area contributed by atoms with E-state index in [-0.39, 0.29) is 11.4 Å². The van der Waals surface area contributed by atoms with E-state index in [2.05, 4.69) is 15.6 Å². The van der Waals surface area contributed by atoms with Crippen molar-refractivity contribution < 1.29 is 13.2 Å². The number of hydrogen-bond donors (Lipinski definition) is 2. The zero-order chi connectivity index (χ0) is 20.0. The first kappa shape index (κ1) is 20.6. The Morgan fingerprint density at radius 3 is 2.54 bits per heavy atom. The van der Waals surface area contributed by atoms with Crippen molar-refractivity contribution in [2.45, 2.75) is 37.1 Å². The average Bonchev–Trinajstić information content (AvgIpc) is 2.98. The van der Waals surface area contributed by atoms with E-state index in [1.807, 2.05) is 0 Å². The van der Waals surface area contributed by atoms with E-state index in [1.165, 1.54) is 10.4 Å². The summed E-state index contributed by atoms with van der Waals surface area (Å²) in [5.41, 5.74) is 1.22. The summed E-state index contributed by atoms with van der Waals surface area (Å²) in [7, 11) is -3.56. The van der Waals surface area contributed by atoms with Crippen LogP contribution in [0.25, 0.3) is 0 Å². The van der Waals surface area contributed by atoms with Crippen molar-refractivity contribution in [3.63, 3.8) is 0 Å². The van der Waals surface area contributed by atoms with E-state index >= 15 is 0 Å². The number of anilines is 1. The number of benzene rings is 1. The Morgan fingerprint density at radius 1 is 1.11 bits per heavy atom. The molecule has 1 aromatic carbocycles. The number of carbonyl (C=O) groups excluding carboxylic acids is 1. The maximum absolute atomic E-state index is 12.9. The number of nitrogens with one attached hydrogen (secondary N) is 2. The van der Waals surface area contributed by atoms with Gasteiger partial charge in [0.15, 0.2) is 0 Å². The van der Waals surface area contributed by atoms with Gasteiger partial charge in [0.25, 0.3) is 0 Å². The van der Waals surface area contributed by atoms with E-state index in [1.54, 1.807) is 36.5 Å². The van der Waals surface area contributed by atoms with Gasteiger partial charge in [0.2, 0.25) is 10.0 Å². The summed E-state index contributed by atoms with van der Waals surface area (Å²) >= 11 is 5.74. The Labute approximate surface area is 170 Å². The van der Waals surface area contributed by atoms with Gasteiger partial charge in [-0.2, -0.15) is 4.31 Å². The van der Waals surface area contributed by atoms with Crippen molar-refractivity contribution in [2.75, 3.05) is 18.4 Å². The molecule has 2 amide bonds. The minimum Gasteiger partial charge on any atom is -0.334 e. The minimum absolute atomic E-state index is 0.189. The molecule has 1 saturated heterocycles. The molecule has 3 rings (SSSR count). The number of hydrogen-bond acceptors (Lipinski definition) is 4. The molecule has 1 aromatic heterocycles. The molecule has 0 spiro atoms. The normalized spacial score (nSPS) is 15.6. The Bertz CT molecular complexity index is 911. The largest absolute Gasteiger partial charge is 0.334 e. The number of amides is 2. The summed E-state index contributed by atoms with van der Waals surface area (Å²) in [5, 5.41) is 5.76. The second-order valence-corrected chi connectivity index (χ2v) is 8.97. The SMILES string of the molecule is O=C(NCc1ccc(Cl)nc1)Nc1cccc(S(=O)(=O)N2CCCCCC2)c1. The molecule has 2 aromatic rings. The second kappa shape index (κ2) is 9.36. The van der Waals surface area contributed by atoms with Crippen molar-refractivity contribution in [1.82, 2.24) is 14.6 Å². The number of carbonyl (C=O) groups is 1. The maximum Gasteiger partial charge on any atom is 0.319 e.